The maximum absolute atomic E-state index is 5.51. The van der Waals surface area contributed by atoms with Gasteiger partial charge in [-0.15, -0.1) is 24.0 Å². The third kappa shape index (κ3) is 6.11. The molecule has 0 atom stereocenters. The fourth-order valence-electron chi connectivity index (χ4n) is 2.53. The predicted molar refractivity (Wildman–Crippen MR) is 106 cm³/mol. The van der Waals surface area contributed by atoms with Crippen LogP contribution in [0.25, 0.3) is 0 Å². The van der Waals surface area contributed by atoms with Crippen molar-refractivity contribution < 1.29 is 4.74 Å². The molecule has 0 saturated carbocycles. The Balaban J connectivity index is 0.00000264. The third-order valence-electron chi connectivity index (χ3n) is 3.88. The average molecular weight is 454 g/mol. The Hall–Kier alpha value is -0.550. The molecule has 7 nitrogen and oxygen atoms in total. The molecule has 0 unspecified atom stereocenters. The average Bonchev–Trinajstić information content (AvgIpc) is 2.94. The molecule has 0 radical (unpaired) electrons. The van der Waals surface area contributed by atoms with Crippen LogP contribution in [0.3, 0.4) is 0 Å². The van der Waals surface area contributed by atoms with Gasteiger partial charge in [-0.1, -0.05) is 6.92 Å². The number of guanidine groups is 1. The molecule has 9 heteroatoms. The van der Waals surface area contributed by atoms with Gasteiger partial charge in [0, 0.05) is 38.6 Å². The van der Waals surface area contributed by atoms with Gasteiger partial charge in [0.05, 0.1) is 6.54 Å². The van der Waals surface area contributed by atoms with E-state index in [1.54, 1.807) is 18.1 Å². The van der Waals surface area contributed by atoms with E-state index in [0.717, 1.165) is 50.1 Å². The summed E-state index contributed by atoms with van der Waals surface area (Å²) >= 11 is 2.02. The Labute approximate surface area is 159 Å². The first-order valence-electron chi connectivity index (χ1n) is 7.68. The molecular formula is C14H27IN6OS. The lowest BCUT2D eigenvalue weighted by molar-refractivity contribution is 0.0782. The summed E-state index contributed by atoms with van der Waals surface area (Å²) in [5.74, 6) is 2.80. The van der Waals surface area contributed by atoms with Gasteiger partial charge >= 0.3 is 0 Å². The van der Waals surface area contributed by atoms with Gasteiger partial charge in [0.2, 0.25) is 0 Å². The van der Waals surface area contributed by atoms with Gasteiger partial charge in [0.1, 0.15) is 12.2 Å². The summed E-state index contributed by atoms with van der Waals surface area (Å²) in [7, 11) is 3.67. The molecule has 132 valence electrons. The normalized spacial score (nSPS) is 17.4. The fourth-order valence-corrected chi connectivity index (χ4v) is 3.77. The van der Waals surface area contributed by atoms with Gasteiger partial charge in [-0.3, -0.25) is 9.67 Å². The van der Waals surface area contributed by atoms with Crippen molar-refractivity contribution in [1.29, 1.82) is 0 Å². The number of aliphatic imine (C=N–C) groups is 1. The highest BCUT2D eigenvalue weighted by Gasteiger charge is 2.32. The molecule has 2 heterocycles. The molecular weight excluding hydrogens is 427 g/mol. The van der Waals surface area contributed by atoms with Crippen LogP contribution in [0.15, 0.2) is 11.3 Å². The molecule has 0 amide bonds. The molecule has 2 rings (SSSR count). The monoisotopic (exact) mass is 454 g/mol. The van der Waals surface area contributed by atoms with Crippen LogP contribution in [0, 0.1) is 0 Å². The van der Waals surface area contributed by atoms with Crippen molar-refractivity contribution in [3.63, 3.8) is 0 Å². The number of hydrogen-bond acceptors (Lipinski definition) is 5. The molecule has 0 spiro atoms. The standard InChI is InChI=1S/C14H26N6OS.HI/c1-4-22-14(5-7-21-8-6-14)10-17-13(15-2)16-9-12-18-11-19-20(12)3;/h11H,4-10H2,1-3H3,(H2,15,16,17);1H. The summed E-state index contributed by atoms with van der Waals surface area (Å²) < 4.78 is 7.51. The summed E-state index contributed by atoms with van der Waals surface area (Å²) in [6.45, 7) is 5.41. The fraction of sp³-hybridized carbons (Fsp3) is 0.786. The lowest BCUT2D eigenvalue weighted by atomic mass is 9.99. The van der Waals surface area contributed by atoms with E-state index < -0.39 is 0 Å². The first-order chi connectivity index (χ1) is 10.7. The van der Waals surface area contributed by atoms with Crippen molar-refractivity contribution >= 4 is 41.7 Å². The van der Waals surface area contributed by atoms with Gasteiger partial charge in [0.25, 0.3) is 0 Å². The summed E-state index contributed by atoms with van der Waals surface area (Å²) in [4.78, 5) is 8.49. The Morgan fingerprint density at radius 1 is 1.43 bits per heavy atom. The number of nitrogens with zero attached hydrogens (tertiary/aromatic N) is 4. The van der Waals surface area contributed by atoms with E-state index in [1.807, 2.05) is 18.8 Å². The van der Waals surface area contributed by atoms with Crippen molar-refractivity contribution in [2.24, 2.45) is 12.0 Å². The van der Waals surface area contributed by atoms with Crippen LogP contribution in [-0.2, 0) is 18.3 Å². The second-order valence-electron chi connectivity index (χ2n) is 5.31. The number of aromatic nitrogens is 3. The van der Waals surface area contributed by atoms with Crippen LogP contribution < -0.4 is 10.6 Å². The predicted octanol–water partition coefficient (Wildman–Crippen LogP) is 1.40. The number of rotatable bonds is 6. The molecule has 0 bridgehead atoms. The first-order valence-corrected chi connectivity index (χ1v) is 8.67. The topological polar surface area (TPSA) is 76.4 Å². The molecule has 0 aromatic carbocycles. The summed E-state index contributed by atoms with van der Waals surface area (Å²) in [5, 5.41) is 10.8. The van der Waals surface area contributed by atoms with Crippen molar-refractivity contribution in [3.05, 3.63) is 12.2 Å². The zero-order valence-electron chi connectivity index (χ0n) is 14.0. The Morgan fingerprint density at radius 3 is 2.74 bits per heavy atom. The number of nitrogens with one attached hydrogen (secondary N) is 2. The van der Waals surface area contributed by atoms with E-state index in [4.69, 9.17) is 4.74 Å². The van der Waals surface area contributed by atoms with Gasteiger partial charge in [-0.2, -0.15) is 16.9 Å². The molecule has 1 aromatic heterocycles. The van der Waals surface area contributed by atoms with Crippen LogP contribution >= 0.6 is 35.7 Å². The van der Waals surface area contributed by atoms with Crippen LogP contribution in [0.5, 0.6) is 0 Å². The zero-order chi connectivity index (χ0) is 15.8. The van der Waals surface area contributed by atoms with E-state index >= 15 is 0 Å². The van der Waals surface area contributed by atoms with Gasteiger partial charge in [-0.05, 0) is 18.6 Å². The lowest BCUT2D eigenvalue weighted by Gasteiger charge is -2.37. The smallest absolute Gasteiger partial charge is 0.191 e. The van der Waals surface area contributed by atoms with E-state index in [1.165, 1.54) is 0 Å². The van der Waals surface area contributed by atoms with Crippen molar-refractivity contribution in [2.75, 3.05) is 32.6 Å². The first kappa shape index (κ1) is 20.5. The maximum atomic E-state index is 5.51. The summed E-state index contributed by atoms with van der Waals surface area (Å²) in [6, 6.07) is 0. The molecule has 1 aromatic rings. The summed E-state index contributed by atoms with van der Waals surface area (Å²) in [6.07, 6.45) is 3.72. The highest BCUT2D eigenvalue weighted by molar-refractivity contribution is 14.0. The second kappa shape index (κ2) is 10.3. The van der Waals surface area contributed by atoms with Crippen molar-refractivity contribution in [1.82, 2.24) is 25.4 Å². The Bertz CT molecular complexity index is 484. The van der Waals surface area contributed by atoms with Gasteiger partial charge < -0.3 is 15.4 Å². The number of hydrogen-bond donors (Lipinski definition) is 2. The lowest BCUT2D eigenvalue weighted by Crippen LogP contribution is -2.48. The minimum absolute atomic E-state index is 0. The number of halogens is 1. The number of thioether (sulfide) groups is 1. The second-order valence-corrected chi connectivity index (χ2v) is 7.04. The molecule has 1 saturated heterocycles. The summed E-state index contributed by atoms with van der Waals surface area (Å²) in [5.41, 5.74) is 0. The van der Waals surface area contributed by atoms with E-state index in [9.17, 15) is 0 Å². The highest BCUT2D eigenvalue weighted by Crippen LogP contribution is 2.34. The van der Waals surface area contributed by atoms with Crippen molar-refractivity contribution in [3.8, 4) is 0 Å². The van der Waals surface area contributed by atoms with Gasteiger partial charge in [0.15, 0.2) is 5.96 Å². The maximum Gasteiger partial charge on any atom is 0.191 e. The molecule has 1 aliphatic heterocycles. The molecule has 1 fully saturated rings. The van der Waals surface area contributed by atoms with Crippen LogP contribution in [0.2, 0.25) is 0 Å². The minimum Gasteiger partial charge on any atom is -0.381 e. The van der Waals surface area contributed by atoms with E-state index in [-0.39, 0.29) is 28.7 Å². The van der Waals surface area contributed by atoms with Crippen LogP contribution in [0.1, 0.15) is 25.6 Å². The number of aryl methyl sites for hydroxylation is 1. The molecule has 0 aliphatic carbocycles. The Morgan fingerprint density at radius 2 is 2.17 bits per heavy atom. The van der Waals surface area contributed by atoms with Crippen LogP contribution in [-0.4, -0.2) is 58.0 Å². The van der Waals surface area contributed by atoms with E-state index in [2.05, 4.69) is 32.6 Å². The zero-order valence-corrected chi connectivity index (χ0v) is 17.2. The molecule has 1 aliphatic rings. The SMILES string of the molecule is CCSC1(CNC(=NC)NCc2ncnn2C)CCOCC1.I. The van der Waals surface area contributed by atoms with Gasteiger partial charge in [-0.25, -0.2) is 4.98 Å². The molecule has 2 N–H and O–H groups in total. The molecule has 23 heavy (non-hydrogen) atoms. The van der Waals surface area contributed by atoms with Crippen LogP contribution in [0.4, 0.5) is 0 Å². The largest absolute Gasteiger partial charge is 0.381 e. The third-order valence-corrected chi connectivity index (χ3v) is 5.33. The Kier molecular flexibility index (Phi) is 9.22. The quantitative estimate of drug-likeness (QED) is 0.385. The van der Waals surface area contributed by atoms with E-state index in [0.29, 0.717) is 6.54 Å². The number of ether oxygens (including phenoxy) is 1. The minimum atomic E-state index is 0. The van der Waals surface area contributed by atoms with Crippen molar-refractivity contribution in [2.45, 2.75) is 31.1 Å². The highest BCUT2D eigenvalue weighted by atomic mass is 127.